The number of likely N-dealkylation sites (N-methyl/N-ethyl adjacent to an activating group) is 1. The van der Waals surface area contributed by atoms with Crippen LogP contribution in [0.3, 0.4) is 0 Å². The Balaban J connectivity index is 0.000000451. The van der Waals surface area contributed by atoms with Crippen molar-refractivity contribution in [2.75, 3.05) is 53.4 Å². The first-order chi connectivity index (χ1) is 14.9. The highest BCUT2D eigenvalue weighted by atomic mass is 19.4. The number of β-lactam (4-membered cyclic amide) rings is 1. The van der Waals surface area contributed by atoms with Crippen molar-refractivity contribution in [1.29, 1.82) is 0 Å². The minimum absolute atomic E-state index is 0.00469. The van der Waals surface area contributed by atoms with Crippen LogP contribution in [-0.4, -0.2) is 97.2 Å². The van der Waals surface area contributed by atoms with E-state index in [4.69, 9.17) is 14.6 Å². The van der Waals surface area contributed by atoms with Gasteiger partial charge in [0.2, 0.25) is 5.91 Å². The smallest absolute Gasteiger partial charge is 0.484 e. The number of piperidine rings is 1. The van der Waals surface area contributed by atoms with Gasteiger partial charge in [0.1, 0.15) is 5.75 Å². The van der Waals surface area contributed by atoms with Crippen molar-refractivity contribution in [1.82, 2.24) is 14.7 Å². The number of hydrogen-bond donors (Lipinski definition) is 1. The molecule has 3 rings (SSSR count). The molecule has 2 heterocycles. The van der Waals surface area contributed by atoms with E-state index in [1.807, 2.05) is 54.2 Å². The van der Waals surface area contributed by atoms with Crippen LogP contribution in [0.4, 0.5) is 13.2 Å². The Hall–Kier alpha value is -2.82. The number of ether oxygens (including phenoxy) is 1. The summed E-state index contributed by atoms with van der Waals surface area (Å²) < 4.78 is 37.3. The number of carbonyl (C=O) groups excluding carboxylic acids is 2. The maximum absolute atomic E-state index is 12.5. The van der Waals surface area contributed by atoms with Gasteiger partial charge in [0.05, 0.1) is 5.41 Å². The highest BCUT2D eigenvalue weighted by Crippen LogP contribution is 2.41. The van der Waals surface area contributed by atoms with Crippen LogP contribution < -0.4 is 4.74 Å². The lowest BCUT2D eigenvalue weighted by Crippen LogP contribution is -2.65. The third-order valence-electron chi connectivity index (χ3n) is 5.47. The summed E-state index contributed by atoms with van der Waals surface area (Å²) in [4.78, 5) is 39.6. The molecule has 2 aliphatic rings. The number of carbonyl (C=O) groups is 3. The number of carboxylic acid groups (broad SMARTS) is 1. The van der Waals surface area contributed by atoms with Crippen LogP contribution in [0.2, 0.25) is 0 Å². The number of likely N-dealkylation sites (tertiary alicyclic amines) is 2. The molecule has 1 aromatic carbocycles. The largest absolute Gasteiger partial charge is 0.490 e. The zero-order valence-corrected chi connectivity index (χ0v) is 18.1. The summed E-state index contributed by atoms with van der Waals surface area (Å²) in [6.45, 7) is 3.86. The fourth-order valence-corrected chi connectivity index (χ4v) is 3.56. The van der Waals surface area contributed by atoms with Gasteiger partial charge in [-0.05, 0) is 39.1 Å². The van der Waals surface area contributed by atoms with Gasteiger partial charge in [-0.3, -0.25) is 9.59 Å². The molecular weight excluding hydrogens is 431 g/mol. The van der Waals surface area contributed by atoms with E-state index in [2.05, 4.69) is 4.90 Å². The van der Waals surface area contributed by atoms with Crippen LogP contribution >= 0.6 is 0 Å². The van der Waals surface area contributed by atoms with E-state index in [9.17, 15) is 22.8 Å². The number of halogens is 3. The molecule has 0 aliphatic carbocycles. The van der Waals surface area contributed by atoms with Crippen LogP contribution in [-0.2, 0) is 14.4 Å². The molecular formula is C21H28F3N3O5. The van der Waals surface area contributed by atoms with Crippen molar-refractivity contribution in [2.45, 2.75) is 19.0 Å². The van der Waals surface area contributed by atoms with Crippen molar-refractivity contribution in [3.63, 3.8) is 0 Å². The SMILES string of the molecule is CN(C)CCN1CC2(CCN(C(=O)COc3ccccc3)CC2)C1=O.O=C(O)C(F)(F)F. The summed E-state index contributed by atoms with van der Waals surface area (Å²) in [6, 6.07) is 9.36. The predicted octanol–water partition coefficient (Wildman–Crippen LogP) is 1.71. The topological polar surface area (TPSA) is 90.4 Å². The number of para-hydroxylation sites is 1. The van der Waals surface area contributed by atoms with Gasteiger partial charge in [-0.1, -0.05) is 18.2 Å². The van der Waals surface area contributed by atoms with Crippen molar-refractivity contribution < 1.29 is 37.4 Å². The van der Waals surface area contributed by atoms with Crippen molar-refractivity contribution in [2.24, 2.45) is 5.41 Å². The van der Waals surface area contributed by atoms with Crippen molar-refractivity contribution in [3.05, 3.63) is 30.3 Å². The van der Waals surface area contributed by atoms with Crippen molar-refractivity contribution in [3.8, 4) is 5.75 Å². The molecule has 11 heteroatoms. The third-order valence-corrected chi connectivity index (χ3v) is 5.47. The Bertz CT molecular complexity index is 794. The van der Waals surface area contributed by atoms with Crippen LogP contribution in [0.15, 0.2) is 30.3 Å². The quantitative estimate of drug-likeness (QED) is 0.652. The third kappa shape index (κ3) is 6.84. The van der Waals surface area contributed by atoms with Crippen LogP contribution in [0.1, 0.15) is 12.8 Å². The van der Waals surface area contributed by atoms with Gasteiger partial charge in [-0.2, -0.15) is 13.2 Å². The summed E-state index contributed by atoms with van der Waals surface area (Å²) in [5.74, 6) is -1.79. The molecule has 178 valence electrons. The number of benzene rings is 1. The zero-order chi connectivity index (χ0) is 23.9. The molecule has 0 unspecified atom stereocenters. The normalized spacial score (nSPS) is 17.5. The number of rotatable bonds is 6. The van der Waals surface area contributed by atoms with Gasteiger partial charge < -0.3 is 24.5 Å². The molecule has 2 fully saturated rings. The Morgan fingerprint density at radius 1 is 1.16 bits per heavy atom. The van der Waals surface area contributed by atoms with E-state index in [0.29, 0.717) is 18.8 Å². The molecule has 0 radical (unpaired) electrons. The lowest BCUT2D eigenvalue weighted by Gasteiger charge is -2.52. The Morgan fingerprint density at radius 3 is 2.19 bits per heavy atom. The number of alkyl halides is 3. The molecule has 0 saturated carbocycles. The molecule has 2 saturated heterocycles. The van der Waals surface area contributed by atoms with Gasteiger partial charge in [0.15, 0.2) is 6.61 Å². The van der Waals surface area contributed by atoms with Crippen molar-refractivity contribution >= 4 is 17.8 Å². The van der Waals surface area contributed by atoms with Gasteiger partial charge in [0.25, 0.3) is 5.91 Å². The Labute approximate surface area is 184 Å². The first-order valence-corrected chi connectivity index (χ1v) is 10.1. The molecule has 0 atom stereocenters. The lowest BCUT2D eigenvalue weighted by atomic mass is 9.71. The molecule has 0 aromatic heterocycles. The second kappa shape index (κ2) is 10.7. The molecule has 1 N–H and O–H groups in total. The first-order valence-electron chi connectivity index (χ1n) is 10.1. The average Bonchev–Trinajstić information content (AvgIpc) is 2.75. The van der Waals surface area contributed by atoms with E-state index >= 15 is 0 Å². The zero-order valence-electron chi connectivity index (χ0n) is 18.1. The standard InChI is InChI=1S/C19H27N3O3.C2HF3O2/c1-20(2)12-13-22-15-19(18(22)24)8-10-21(11-9-19)17(23)14-25-16-6-4-3-5-7-16;3-2(4,5)1(6)7/h3-7H,8-15H2,1-2H3;(H,6,7). The second-order valence-corrected chi connectivity index (χ2v) is 8.10. The number of nitrogens with zero attached hydrogens (tertiary/aromatic N) is 3. The van der Waals surface area contributed by atoms with Crippen LogP contribution in [0, 0.1) is 5.41 Å². The molecule has 8 nitrogen and oxygen atoms in total. The Morgan fingerprint density at radius 2 is 1.72 bits per heavy atom. The Kier molecular flexibility index (Phi) is 8.48. The van der Waals surface area contributed by atoms with E-state index in [0.717, 1.165) is 32.5 Å². The average molecular weight is 459 g/mol. The fourth-order valence-electron chi connectivity index (χ4n) is 3.56. The lowest BCUT2D eigenvalue weighted by molar-refractivity contribution is -0.192. The molecule has 0 bridgehead atoms. The van der Waals surface area contributed by atoms with Gasteiger partial charge in [-0.15, -0.1) is 0 Å². The minimum atomic E-state index is -5.08. The molecule has 2 aliphatic heterocycles. The summed E-state index contributed by atoms with van der Waals surface area (Å²) >= 11 is 0. The van der Waals surface area contributed by atoms with Gasteiger partial charge in [-0.25, -0.2) is 4.79 Å². The first kappa shape index (κ1) is 25.4. The molecule has 2 amide bonds. The van der Waals surface area contributed by atoms with Crippen LogP contribution in [0.5, 0.6) is 5.75 Å². The number of hydrogen-bond acceptors (Lipinski definition) is 5. The maximum Gasteiger partial charge on any atom is 0.490 e. The minimum Gasteiger partial charge on any atom is -0.484 e. The molecule has 32 heavy (non-hydrogen) atoms. The van der Waals surface area contributed by atoms with E-state index in [1.165, 1.54) is 0 Å². The van der Waals surface area contributed by atoms with Crippen LogP contribution in [0.25, 0.3) is 0 Å². The number of aliphatic carboxylic acids is 1. The highest BCUT2D eigenvalue weighted by molar-refractivity contribution is 5.89. The second-order valence-electron chi connectivity index (χ2n) is 8.10. The number of amides is 2. The van der Waals surface area contributed by atoms with E-state index in [1.54, 1.807) is 0 Å². The monoisotopic (exact) mass is 459 g/mol. The van der Waals surface area contributed by atoms with E-state index < -0.39 is 12.1 Å². The summed E-state index contributed by atoms with van der Waals surface area (Å²) in [7, 11) is 4.03. The summed E-state index contributed by atoms with van der Waals surface area (Å²) in [6.07, 6.45) is -3.55. The highest BCUT2D eigenvalue weighted by Gasteiger charge is 2.53. The molecule has 1 spiro atoms. The summed E-state index contributed by atoms with van der Waals surface area (Å²) in [5.41, 5.74) is -0.219. The molecule has 1 aromatic rings. The summed E-state index contributed by atoms with van der Waals surface area (Å²) in [5, 5.41) is 7.12. The fraction of sp³-hybridized carbons (Fsp3) is 0.571. The van der Waals surface area contributed by atoms with E-state index in [-0.39, 0.29) is 23.8 Å². The maximum atomic E-state index is 12.5. The number of carboxylic acids is 1. The van der Waals surface area contributed by atoms with Gasteiger partial charge >= 0.3 is 12.1 Å². The predicted molar refractivity (Wildman–Crippen MR) is 109 cm³/mol. The van der Waals surface area contributed by atoms with Gasteiger partial charge in [0, 0.05) is 32.7 Å².